The van der Waals surface area contributed by atoms with Crippen LogP contribution >= 0.6 is 55.1 Å². The predicted octanol–water partition coefficient (Wildman–Crippen LogP) is 5.36. The minimum absolute atomic E-state index is 0.164. The first-order chi connectivity index (χ1) is 8.47. The van der Waals surface area contributed by atoms with E-state index in [1.54, 1.807) is 24.3 Å². The molecule has 0 saturated heterocycles. The Labute approximate surface area is 130 Å². The molecule has 0 fully saturated rings. The first-order valence-electron chi connectivity index (χ1n) is 4.68. The van der Waals surface area contributed by atoms with Crippen LogP contribution in [0.5, 0.6) is 0 Å². The molecule has 0 atom stereocenters. The average Bonchev–Trinajstić information content (AvgIpc) is 2.70. The third-order valence-electron chi connectivity index (χ3n) is 2.04. The molecule has 2 aromatic rings. The average molecular weight is 414 g/mol. The summed E-state index contributed by atoms with van der Waals surface area (Å²) in [6.07, 6.45) is 0. The van der Waals surface area contributed by atoms with Gasteiger partial charge >= 0.3 is 0 Å². The van der Waals surface area contributed by atoms with E-state index in [2.05, 4.69) is 37.2 Å². The molecule has 1 amide bonds. The molecule has 18 heavy (non-hydrogen) atoms. The summed E-state index contributed by atoms with van der Waals surface area (Å²) in [7, 11) is 0. The Balaban J connectivity index is 2.27. The molecule has 94 valence electrons. The molecule has 2 rings (SSSR count). The van der Waals surface area contributed by atoms with Gasteiger partial charge in [-0.15, -0.1) is 0 Å². The van der Waals surface area contributed by atoms with Crippen LogP contribution in [-0.4, -0.2) is 5.91 Å². The highest BCUT2D eigenvalue weighted by molar-refractivity contribution is 9.10. The van der Waals surface area contributed by atoms with E-state index in [0.29, 0.717) is 20.4 Å². The van der Waals surface area contributed by atoms with Crippen LogP contribution in [0, 0.1) is 0 Å². The van der Waals surface area contributed by atoms with Crippen LogP contribution in [0.4, 0.5) is 5.69 Å². The van der Waals surface area contributed by atoms with Crippen molar-refractivity contribution in [3.63, 3.8) is 0 Å². The highest BCUT2D eigenvalue weighted by Gasteiger charge is 2.15. The fourth-order valence-corrected chi connectivity index (χ4v) is 2.88. The summed E-state index contributed by atoms with van der Waals surface area (Å²) in [4.78, 5) is 11.9. The number of nitrogens with one attached hydrogen (secondary N) is 1. The molecule has 1 heterocycles. The summed E-state index contributed by atoms with van der Waals surface area (Å²) in [6, 6.07) is 6.45. The molecule has 0 unspecified atom stereocenters. The first-order valence-corrected chi connectivity index (χ1v) is 7.03. The molecule has 0 aliphatic heterocycles. The van der Waals surface area contributed by atoms with E-state index in [1.807, 2.05) is 0 Å². The van der Waals surface area contributed by atoms with Gasteiger partial charge in [0.15, 0.2) is 10.4 Å². The van der Waals surface area contributed by atoms with Gasteiger partial charge in [-0.2, -0.15) is 0 Å². The summed E-state index contributed by atoms with van der Waals surface area (Å²) in [5, 5.41) is 3.28. The van der Waals surface area contributed by atoms with Crippen molar-refractivity contribution in [2.45, 2.75) is 0 Å². The SMILES string of the molecule is O=C(Nc1c(Cl)cc(Br)cc1Cl)c1ccc(Br)o1. The maximum Gasteiger partial charge on any atom is 0.291 e. The van der Waals surface area contributed by atoms with Crippen molar-refractivity contribution in [2.24, 2.45) is 0 Å². The molecule has 0 radical (unpaired) electrons. The summed E-state index contributed by atoms with van der Waals surface area (Å²) in [6.45, 7) is 0. The number of carbonyl (C=O) groups is 1. The Morgan fingerprint density at radius 2 is 1.78 bits per heavy atom. The third-order valence-corrected chi connectivity index (χ3v) is 3.52. The topological polar surface area (TPSA) is 42.2 Å². The maximum atomic E-state index is 11.9. The van der Waals surface area contributed by atoms with E-state index in [4.69, 9.17) is 27.6 Å². The van der Waals surface area contributed by atoms with Crippen molar-refractivity contribution in [3.8, 4) is 0 Å². The lowest BCUT2D eigenvalue weighted by molar-refractivity contribution is 0.0995. The summed E-state index contributed by atoms with van der Waals surface area (Å²) in [5.74, 6) is -0.260. The molecule has 0 bridgehead atoms. The van der Waals surface area contributed by atoms with Crippen LogP contribution in [-0.2, 0) is 0 Å². The highest BCUT2D eigenvalue weighted by atomic mass is 79.9. The Morgan fingerprint density at radius 3 is 2.28 bits per heavy atom. The number of halogens is 4. The lowest BCUT2D eigenvalue weighted by Gasteiger charge is -2.08. The molecule has 1 N–H and O–H groups in total. The van der Waals surface area contributed by atoms with Crippen LogP contribution in [0.15, 0.2) is 37.8 Å². The minimum atomic E-state index is -0.424. The van der Waals surface area contributed by atoms with Gasteiger partial charge in [-0.3, -0.25) is 4.79 Å². The zero-order valence-corrected chi connectivity index (χ0v) is 13.3. The lowest BCUT2D eigenvalue weighted by Crippen LogP contribution is -2.11. The van der Waals surface area contributed by atoms with Crippen molar-refractivity contribution in [1.82, 2.24) is 0 Å². The molecule has 3 nitrogen and oxygen atoms in total. The zero-order valence-electron chi connectivity index (χ0n) is 8.64. The molecular weight excluding hydrogens is 409 g/mol. The Bertz CT molecular complexity index is 590. The van der Waals surface area contributed by atoms with Crippen LogP contribution in [0.1, 0.15) is 10.6 Å². The van der Waals surface area contributed by atoms with Crippen molar-refractivity contribution in [1.29, 1.82) is 0 Å². The highest BCUT2D eigenvalue weighted by Crippen LogP contribution is 2.34. The Hall–Kier alpha value is -0.490. The molecule has 1 aromatic carbocycles. The zero-order chi connectivity index (χ0) is 13.3. The van der Waals surface area contributed by atoms with Gasteiger partial charge in [-0.05, 0) is 40.2 Å². The first kappa shape index (κ1) is 13.9. The van der Waals surface area contributed by atoms with Crippen molar-refractivity contribution >= 4 is 66.7 Å². The molecule has 1 aromatic heterocycles. The molecular formula is C11H5Br2Cl2NO2. The van der Waals surface area contributed by atoms with E-state index < -0.39 is 5.91 Å². The van der Waals surface area contributed by atoms with Crippen LogP contribution in [0.3, 0.4) is 0 Å². The van der Waals surface area contributed by atoms with Crippen LogP contribution in [0.25, 0.3) is 0 Å². The number of carbonyl (C=O) groups excluding carboxylic acids is 1. The van der Waals surface area contributed by atoms with Crippen LogP contribution < -0.4 is 5.32 Å². The van der Waals surface area contributed by atoms with Gasteiger partial charge in [0.05, 0.1) is 15.7 Å². The maximum absolute atomic E-state index is 11.9. The van der Waals surface area contributed by atoms with E-state index >= 15 is 0 Å². The van der Waals surface area contributed by atoms with Gasteiger partial charge in [0.25, 0.3) is 5.91 Å². The molecule has 0 aliphatic rings. The lowest BCUT2D eigenvalue weighted by atomic mass is 10.3. The van der Waals surface area contributed by atoms with E-state index in [1.165, 1.54) is 0 Å². The molecule has 0 spiro atoms. The second-order valence-electron chi connectivity index (χ2n) is 3.30. The number of benzene rings is 1. The van der Waals surface area contributed by atoms with Gasteiger partial charge < -0.3 is 9.73 Å². The number of anilines is 1. The standard InChI is InChI=1S/C11H5Br2Cl2NO2/c12-5-3-6(14)10(7(15)4-5)16-11(17)8-1-2-9(13)18-8/h1-4H,(H,16,17). The normalized spacial score (nSPS) is 10.4. The number of furan rings is 1. The van der Waals surface area contributed by atoms with Crippen molar-refractivity contribution < 1.29 is 9.21 Å². The summed E-state index contributed by atoms with van der Waals surface area (Å²) < 4.78 is 6.34. The number of hydrogen-bond acceptors (Lipinski definition) is 2. The number of hydrogen-bond donors (Lipinski definition) is 1. The predicted molar refractivity (Wildman–Crippen MR) is 78.5 cm³/mol. The quantitative estimate of drug-likeness (QED) is 0.719. The van der Waals surface area contributed by atoms with Gasteiger partial charge in [0.1, 0.15) is 0 Å². The Morgan fingerprint density at radius 1 is 1.17 bits per heavy atom. The fraction of sp³-hybridized carbons (Fsp3) is 0. The second-order valence-corrected chi connectivity index (χ2v) is 5.81. The fourth-order valence-electron chi connectivity index (χ4n) is 1.27. The number of rotatable bonds is 2. The molecule has 0 saturated carbocycles. The van der Waals surface area contributed by atoms with Crippen molar-refractivity contribution in [2.75, 3.05) is 5.32 Å². The second kappa shape index (κ2) is 5.65. The molecule has 0 aliphatic carbocycles. The van der Waals surface area contributed by atoms with Crippen LogP contribution in [0.2, 0.25) is 10.0 Å². The van der Waals surface area contributed by atoms with Gasteiger partial charge in [-0.25, -0.2) is 0 Å². The third kappa shape index (κ3) is 3.09. The Kier molecular flexibility index (Phi) is 4.37. The molecule has 7 heteroatoms. The van der Waals surface area contributed by atoms with Gasteiger partial charge in [0.2, 0.25) is 0 Å². The van der Waals surface area contributed by atoms with E-state index in [0.717, 1.165) is 4.47 Å². The van der Waals surface area contributed by atoms with E-state index in [-0.39, 0.29) is 5.76 Å². The van der Waals surface area contributed by atoms with Crippen molar-refractivity contribution in [3.05, 3.63) is 49.2 Å². The largest absolute Gasteiger partial charge is 0.444 e. The summed E-state index contributed by atoms with van der Waals surface area (Å²) in [5.41, 5.74) is 0.346. The smallest absolute Gasteiger partial charge is 0.291 e. The van der Waals surface area contributed by atoms with Gasteiger partial charge in [0, 0.05) is 4.47 Å². The van der Waals surface area contributed by atoms with Gasteiger partial charge in [-0.1, -0.05) is 39.1 Å². The minimum Gasteiger partial charge on any atom is -0.444 e. The van der Waals surface area contributed by atoms with E-state index in [9.17, 15) is 4.79 Å². The monoisotopic (exact) mass is 411 g/mol. The number of amides is 1. The summed E-state index contributed by atoms with van der Waals surface area (Å²) >= 11 is 18.4.